The Labute approximate surface area is 191 Å². The molecule has 2 N–H and O–H groups in total. The third-order valence-corrected chi connectivity index (χ3v) is 6.66. The van der Waals surface area contributed by atoms with Crippen molar-refractivity contribution in [2.45, 2.75) is 50.7 Å². The predicted molar refractivity (Wildman–Crippen MR) is 122 cm³/mol. The molecule has 2 unspecified atom stereocenters. The number of nitrogens with one attached hydrogen (secondary N) is 2. The summed E-state index contributed by atoms with van der Waals surface area (Å²) in [5, 5.41) is 14.3. The molecule has 3 aliphatic rings. The largest absolute Gasteiger partial charge is 0.362 e. The van der Waals surface area contributed by atoms with Crippen molar-refractivity contribution in [2.24, 2.45) is 10.2 Å². The van der Waals surface area contributed by atoms with Crippen molar-refractivity contribution in [2.75, 3.05) is 11.9 Å². The van der Waals surface area contributed by atoms with E-state index < -0.39 is 23.1 Å². The maximum Gasteiger partial charge on any atom is 0.250 e. The Kier molecular flexibility index (Phi) is 4.81. The average molecular weight is 448 g/mol. The van der Waals surface area contributed by atoms with Gasteiger partial charge in [0.25, 0.3) is 5.91 Å². The van der Waals surface area contributed by atoms with Crippen LogP contribution < -0.4 is 15.5 Å². The van der Waals surface area contributed by atoms with E-state index in [1.54, 1.807) is 18.5 Å². The van der Waals surface area contributed by atoms with Gasteiger partial charge in [0.05, 0.1) is 11.0 Å². The molecule has 1 amide bonds. The van der Waals surface area contributed by atoms with Crippen molar-refractivity contribution in [1.82, 2.24) is 20.6 Å². The van der Waals surface area contributed by atoms with Crippen LogP contribution >= 0.6 is 0 Å². The van der Waals surface area contributed by atoms with E-state index in [-0.39, 0.29) is 5.91 Å². The molecule has 0 aliphatic carbocycles. The number of hydrogen-bond donors (Lipinski definition) is 2. The first-order chi connectivity index (χ1) is 15.8. The van der Waals surface area contributed by atoms with Gasteiger partial charge in [-0.3, -0.25) is 4.79 Å². The van der Waals surface area contributed by atoms with Crippen LogP contribution in [0.1, 0.15) is 39.2 Å². The van der Waals surface area contributed by atoms with Crippen LogP contribution in [0, 0.1) is 0 Å². The number of benzene rings is 1. The second-order valence-corrected chi connectivity index (χ2v) is 9.25. The number of fused-ring (bicyclic) bond motifs is 1. The second kappa shape index (κ2) is 7.47. The van der Waals surface area contributed by atoms with Gasteiger partial charge in [-0.15, -0.1) is 5.11 Å². The number of halogens is 1. The van der Waals surface area contributed by atoms with Gasteiger partial charge >= 0.3 is 0 Å². The highest BCUT2D eigenvalue weighted by Gasteiger charge is 2.55. The molecule has 0 spiro atoms. The van der Waals surface area contributed by atoms with Crippen molar-refractivity contribution in [3.05, 3.63) is 71.1 Å². The van der Waals surface area contributed by atoms with Crippen LogP contribution in [0.4, 0.5) is 16.0 Å². The number of aromatic nitrogens is 2. The van der Waals surface area contributed by atoms with E-state index in [4.69, 9.17) is 0 Å². The zero-order valence-electron chi connectivity index (χ0n) is 19.1. The second-order valence-electron chi connectivity index (χ2n) is 9.25. The maximum atomic E-state index is 15.2. The van der Waals surface area contributed by atoms with Crippen LogP contribution in [0.15, 0.2) is 75.7 Å². The molecule has 2 atom stereocenters. The zero-order chi connectivity index (χ0) is 23.4. The summed E-state index contributed by atoms with van der Waals surface area (Å²) in [6.07, 6.45) is 3.79. The number of anilines is 2. The monoisotopic (exact) mass is 447 g/mol. The lowest BCUT2D eigenvalue weighted by Crippen LogP contribution is -2.58. The fourth-order valence-corrected chi connectivity index (χ4v) is 5.23. The molecule has 33 heavy (non-hydrogen) atoms. The standard InChI is InChI=1S/C24H26FN7O/c1-5-24(14-8-6-9-15(12-14)32(4)22-26-10-7-11-27-22)17-16(13-23(2,3)29-21(17)33)28-20-18(24)19(25)30-31-20/h6-12,20,28H,5,13H2,1-4H3,(H,29,33). The molecule has 5 rings (SSSR count). The van der Waals surface area contributed by atoms with Crippen LogP contribution in [0.3, 0.4) is 0 Å². The van der Waals surface area contributed by atoms with Crippen LogP contribution in [0.25, 0.3) is 0 Å². The third kappa shape index (κ3) is 3.21. The van der Waals surface area contributed by atoms with E-state index in [9.17, 15) is 4.79 Å². The molecular weight excluding hydrogens is 421 g/mol. The number of carbonyl (C=O) groups excluding carboxylic acids is 1. The molecule has 1 aromatic heterocycles. The zero-order valence-corrected chi connectivity index (χ0v) is 19.1. The first-order valence-electron chi connectivity index (χ1n) is 11.0. The number of nitrogens with zero attached hydrogens (tertiary/aromatic N) is 5. The SMILES string of the molecule is CCC1(c2cccc(N(C)c3ncccn3)c2)C2=C(CC(C)(C)NC2=O)NC2N=NC(F)=C21. The minimum absolute atomic E-state index is 0.202. The summed E-state index contributed by atoms with van der Waals surface area (Å²) in [5.41, 5.74) is 1.91. The summed E-state index contributed by atoms with van der Waals surface area (Å²) in [6.45, 7) is 5.92. The van der Waals surface area contributed by atoms with Crippen molar-refractivity contribution < 1.29 is 9.18 Å². The number of rotatable bonds is 4. The highest BCUT2D eigenvalue weighted by atomic mass is 19.1. The molecule has 170 valence electrons. The fourth-order valence-electron chi connectivity index (χ4n) is 5.23. The molecule has 2 aromatic rings. The minimum atomic E-state index is -1.01. The molecule has 0 saturated carbocycles. The van der Waals surface area contributed by atoms with Gasteiger partial charge in [0.1, 0.15) is 0 Å². The highest BCUT2D eigenvalue weighted by Crippen LogP contribution is 2.53. The van der Waals surface area contributed by atoms with Crippen molar-refractivity contribution >= 4 is 17.5 Å². The lowest BCUT2D eigenvalue weighted by Gasteiger charge is -2.48. The highest BCUT2D eigenvalue weighted by molar-refractivity contribution is 6.00. The molecule has 8 nitrogen and oxygen atoms in total. The van der Waals surface area contributed by atoms with Crippen LogP contribution in [-0.2, 0) is 10.2 Å². The number of carbonyl (C=O) groups is 1. The van der Waals surface area contributed by atoms with Gasteiger partial charge in [0, 0.05) is 48.4 Å². The topological polar surface area (TPSA) is 94.9 Å². The van der Waals surface area contributed by atoms with Gasteiger partial charge in [0.2, 0.25) is 11.9 Å². The van der Waals surface area contributed by atoms with E-state index in [1.165, 1.54) is 0 Å². The lowest BCUT2D eigenvalue weighted by atomic mass is 9.62. The molecule has 0 saturated heterocycles. The van der Waals surface area contributed by atoms with Gasteiger partial charge in [-0.2, -0.15) is 9.50 Å². The van der Waals surface area contributed by atoms with Crippen molar-refractivity contribution in [1.29, 1.82) is 0 Å². The molecule has 0 bridgehead atoms. The third-order valence-electron chi connectivity index (χ3n) is 6.66. The quantitative estimate of drug-likeness (QED) is 0.691. The molecule has 1 aromatic carbocycles. The van der Waals surface area contributed by atoms with Gasteiger partial charge in [0.15, 0.2) is 6.17 Å². The predicted octanol–water partition coefficient (Wildman–Crippen LogP) is 4.02. The maximum absolute atomic E-state index is 15.2. The van der Waals surface area contributed by atoms with E-state index in [1.807, 2.05) is 57.0 Å². The molecule has 9 heteroatoms. The Bertz CT molecular complexity index is 1220. The summed E-state index contributed by atoms with van der Waals surface area (Å²) in [5.74, 6) is -0.299. The molecule has 3 aliphatic heterocycles. The van der Waals surface area contributed by atoms with Gasteiger partial charge in [-0.1, -0.05) is 19.1 Å². The summed E-state index contributed by atoms with van der Waals surface area (Å²) in [4.78, 5) is 24.0. The first kappa shape index (κ1) is 21.2. The van der Waals surface area contributed by atoms with E-state index in [2.05, 4.69) is 30.8 Å². The summed E-state index contributed by atoms with van der Waals surface area (Å²) in [7, 11) is 1.87. The molecular formula is C24H26FN7O. The Morgan fingerprint density at radius 2 is 1.97 bits per heavy atom. The summed E-state index contributed by atoms with van der Waals surface area (Å²) < 4.78 is 15.2. The number of azo groups is 1. The number of amides is 1. The van der Waals surface area contributed by atoms with E-state index in [0.29, 0.717) is 29.9 Å². The number of hydrogen-bond acceptors (Lipinski definition) is 7. The average Bonchev–Trinajstić information content (AvgIpc) is 3.17. The Morgan fingerprint density at radius 1 is 1.21 bits per heavy atom. The van der Waals surface area contributed by atoms with Crippen LogP contribution in [0.5, 0.6) is 0 Å². The summed E-state index contributed by atoms with van der Waals surface area (Å²) >= 11 is 0. The van der Waals surface area contributed by atoms with Gasteiger partial charge < -0.3 is 15.5 Å². The molecule has 4 heterocycles. The normalized spacial score (nSPS) is 25.4. The smallest absolute Gasteiger partial charge is 0.250 e. The van der Waals surface area contributed by atoms with Crippen LogP contribution in [-0.4, -0.2) is 34.6 Å². The van der Waals surface area contributed by atoms with Gasteiger partial charge in [-0.25, -0.2) is 9.97 Å². The Balaban J connectivity index is 1.72. The summed E-state index contributed by atoms with van der Waals surface area (Å²) in [6, 6.07) is 9.51. The minimum Gasteiger partial charge on any atom is -0.362 e. The Morgan fingerprint density at radius 3 is 2.70 bits per heavy atom. The van der Waals surface area contributed by atoms with E-state index in [0.717, 1.165) is 16.9 Å². The van der Waals surface area contributed by atoms with Gasteiger partial charge in [-0.05, 0) is 44.0 Å². The lowest BCUT2D eigenvalue weighted by molar-refractivity contribution is -0.120. The Hall–Kier alpha value is -3.62. The molecule has 0 fully saturated rings. The fraction of sp³-hybridized carbons (Fsp3) is 0.375. The van der Waals surface area contributed by atoms with Crippen LogP contribution in [0.2, 0.25) is 0 Å². The molecule has 0 radical (unpaired) electrons. The van der Waals surface area contributed by atoms with Crippen molar-refractivity contribution in [3.63, 3.8) is 0 Å². The van der Waals surface area contributed by atoms with Crippen molar-refractivity contribution in [3.8, 4) is 0 Å². The first-order valence-corrected chi connectivity index (χ1v) is 11.0. The van der Waals surface area contributed by atoms with E-state index >= 15 is 4.39 Å².